The molecule has 2 aromatic rings. The fourth-order valence-electron chi connectivity index (χ4n) is 4.52. The first-order chi connectivity index (χ1) is 23.3. The maximum absolute atomic E-state index is 13.9. The molecular formula is C40H63NO8Si2. The molecule has 0 aliphatic rings. The summed E-state index contributed by atoms with van der Waals surface area (Å²) in [7, 11) is -4.79. The van der Waals surface area contributed by atoms with Crippen LogP contribution in [0.2, 0.25) is 36.3 Å². The highest BCUT2D eigenvalue weighted by atomic mass is 28.4. The van der Waals surface area contributed by atoms with E-state index in [1.54, 1.807) is 20.8 Å². The van der Waals surface area contributed by atoms with Gasteiger partial charge in [-0.05, 0) is 57.0 Å². The minimum absolute atomic E-state index is 0.0371. The van der Waals surface area contributed by atoms with E-state index in [0.29, 0.717) is 5.71 Å². The minimum Gasteiger partial charge on any atom is -0.456 e. The minimum atomic E-state index is -2.40. The van der Waals surface area contributed by atoms with Gasteiger partial charge in [-0.15, -0.1) is 0 Å². The molecule has 0 unspecified atom stereocenters. The van der Waals surface area contributed by atoms with Crippen LogP contribution < -0.4 is 0 Å². The molecular weight excluding hydrogens is 679 g/mol. The number of benzene rings is 2. The molecule has 0 spiro atoms. The van der Waals surface area contributed by atoms with E-state index in [1.165, 1.54) is 13.8 Å². The quantitative estimate of drug-likeness (QED) is 0.0772. The highest BCUT2D eigenvalue weighted by Gasteiger charge is 2.47. The Morgan fingerprint density at radius 2 is 1.02 bits per heavy atom. The molecule has 0 bridgehead atoms. The number of esters is 3. The summed E-state index contributed by atoms with van der Waals surface area (Å²) in [6.07, 6.45) is -3.65. The van der Waals surface area contributed by atoms with Gasteiger partial charge in [0, 0.05) is 25.0 Å². The third-order valence-electron chi connectivity index (χ3n) is 9.77. The third kappa shape index (κ3) is 13.1. The van der Waals surface area contributed by atoms with E-state index in [2.05, 4.69) is 67.7 Å². The Morgan fingerprint density at radius 3 is 1.39 bits per heavy atom. The molecule has 0 saturated heterocycles. The van der Waals surface area contributed by atoms with Crippen molar-refractivity contribution >= 4 is 40.3 Å². The van der Waals surface area contributed by atoms with Gasteiger partial charge in [0.25, 0.3) is 0 Å². The monoisotopic (exact) mass is 741 g/mol. The molecule has 0 aliphatic carbocycles. The van der Waals surface area contributed by atoms with Crippen molar-refractivity contribution in [3.05, 3.63) is 71.8 Å². The van der Waals surface area contributed by atoms with Crippen molar-refractivity contribution in [2.75, 3.05) is 13.2 Å². The first kappa shape index (κ1) is 44.0. The van der Waals surface area contributed by atoms with Crippen LogP contribution in [0.3, 0.4) is 0 Å². The van der Waals surface area contributed by atoms with Crippen molar-refractivity contribution in [3.8, 4) is 0 Å². The van der Waals surface area contributed by atoms with E-state index < -0.39 is 64.3 Å². The number of ether oxygens (including phenoxy) is 3. The third-order valence-corrected chi connectivity index (χ3v) is 18.8. The Balaban J connectivity index is 2.98. The first-order valence-corrected chi connectivity index (χ1v) is 23.6. The molecule has 0 amide bonds. The van der Waals surface area contributed by atoms with Gasteiger partial charge in [-0.2, -0.15) is 0 Å². The van der Waals surface area contributed by atoms with Crippen molar-refractivity contribution in [2.24, 2.45) is 10.4 Å². The summed E-state index contributed by atoms with van der Waals surface area (Å²) in [5.41, 5.74) is 1.39. The molecule has 51 heavy (non-hydrogen) atoms. The van der Waals surface area contributed by atoms with Crippen LogP contribution in [0, 0.1) is 5.41 Å². The summed E-state index contributed by atoms with van der Waals surface area (Å²) < 4.78 is 31.7. The molecule has 0 fully saturated rings. The molecule has 0 aliphatic heterocycles. The Kier molecular flexibility index (Phi) is 15.2. The first-order valence-electron chi connectivity index (χ1n) is 17.8. The number of carbonyl (C=O) groups is 3. The lowest BCUT2D eigenvalue weighted by Crippen LogP contribution is -2.55. The van der Waals surface area contributed by atoms with Crippen LogP contribution >= 0.6 is 0 Å². The summed E-state index contributed by atoms with van der Waals surface area (Å²) in [6.45, 7) is 29.0. The van der Waals surface area contributed by atoms with Gasteiger partial charge in [0.2, 0.25) is 0 Å². The Morgan fingerprint density at radius 1 is 0.608 bits per heavy atom. The lowest BCUT2D eigenvalue weighted by atomic mass is 9.95. The molecule has 2 rings (SSSR count). The van der Waals surface area contributed by atoms with Crippen molar-refractivity contribution in [3.63, 3.8) is 0 Å². The molecule has 0 radical (unpaired) electrons. The van der Waals surface area contributed by atoms with Gasteiger partial charge in [-0.1, -0.05) is 102 Å². The number of carbonyl (C=O) groups excluding carboxylic acids is 3. The highest BCUT2D eigenvalue weighted by molar-refractivity contribution is 6.74. The van der Waals surface area contributed by atoms with Crippen molar-refractivity contribution in [1.29, 1.82) is 0 Å². The largest absolute Gasteiger partial charge is 0.456 e. The van der Waals surface area contributed by atoms with E-state index in [1.807, 2.05) is 60.7 Å². The molecule has 0 N–H and O–H groups in total. The molecule has 4 atom stereocenters. The van der Waals surface area contributed by atoms with Gasteiger partial charge < -0.3 is 23.1 Å². The zero-order chi connectivity index (χ0) is 39.0. The highest BCUT2D eigenvalue weighted by Crippen LogP contribution is 2.38. The number of hydrogen-bond donors (Lipinski definition) is 0. The van der Waals surface area contributed by atoms with Crippen LogP contribution in [0.5, 0.6) is 0 Å². The molecule has 9 nitrogen and oxygen atoms in total. The summed E-state index contributed by atoms with van der Waals surface area (Å²) in [4.78, 5) is 44.8. The standard InChI is InChI=1S/C40H63NO8Si2/c1-28(42)47-33(27-46-51(14,15)40(9,10)11)36(48-29(2)43)35(49-37(44)38(3,4)5)32(26-45-50(12,13)39(6,7)8)41-34(30-22-18-16-19-23-30)31-24-20-17-21-25-31/h16-25,32-33,35-36H,26-27H2,1-15H3/t32-,33+,35+,36-/m0/s1. The number of hydrogen-bond acceptors (Lipinski definition) is 9. The smallest absolute Gasteiger partial charge is 0.311 e. The fourth-order valence-corrected chi connectivity index (χ4v) is 6.55. The Bertz CT molecular complexity index is 1430. The van der Waals surface area contributed by atoms with Crippen LogP contribution in [-0.4, -0.2) is 77.8 Å². The number of nitrogens with zero attached hydrogens (tertiary/aromatic N) is 1. The normalized spacial score (nSPS) is 15.2. The van der Waals surface area contributed by atoms with Gasteiger partial charge in [0.15, 0.2) is 34.9 Å². The van der Waals surface area contributed by atoms with Gasteiger partial charge in [-0.3, -0.25) is 19.4 Å². The van der Waals surface area contributed by atoms with E-state index >= 15 is 0 Å². The lowest BCUT2D eigenvalue weighted by Gasteiger charge is -2.41. The van der Waals surface area contributed by atoms with Gasteiger partial charge in [0.1, 0.15) is 6.04 Å². The van der Waals surface area contributed by atoms with E-state index in [9.17, 15) is 14.4 Å². The van der Waals surface area contributed by atoms with Crippen LogP contribution in [0.4, 0.5) is 0 Å². The van der Waals surface area contributed by atoms with Crippen molar-refractivity contribution in [1.82, 2.24) is 0 Å². The predicted molar refractivity (Wildman–Crippen MR) is 209 cm³/mol. The van der Waals surface area contributed by atoms with Crippen LogP contribution in [-0.2, 0) is 37.4 Å². The molecule has 2 aromatic carbocycles. The van der Waals surface area contributed by atoms with Crippen molar-refractivity contribution in [2.45, 2.75) is 137 Å². The number of aliphatic imine (C=N–C) groups is 1. The van der Waals surface area contributed by atoms with E-state index in [-0.39, 0.29) is 23.3 Å². The van der Waals surface area contributed by atoms with E-state index in [4.69, 9.17) is 28.1 Å². The molecule has 11 heteroatoms. The maximum Gasteiger partial charge on any atom is 0.311 e. The van der Waals surface area contributed by atoms with Crippen molar-refractivity contribution < 1.29 is 37.4 Å². The van der Waals surface area contributed by atoms with Gasteiger partial charge in [-0.25, -0.2) is 0 Å². The zero-order valence-electron chi connectivity index (χ0n) is 33.7. The Hall–Kier alpha value is -3.13. The fraction of sp³-hybridized carbons (Fsp3) is 0.600. The van der Waals surface area contributed by atoms with Crippen LogP contribution in [0.15, 0.2) is 65.7 Å². The SMILES string of the molecule is CC(=O)O[C@H]([C@H](OC(=O)C(C)(C)C)[C@H](CO[Si](C)(C)C(C)(C)C)N=C(c1ccccc1)c1ccccc1)[C@@H](CO[Si](C)(C)C(C)(C)C)OC(C)=O. The second kappa shape index (κ2) is 17.6. The zero-order valence-corrected chi connectivity index (χ0v) is 35.7. The molecule has 0 saturated carbocycles. The average Bonchev–Trinajstić information content (AvgIpc) is 3.00. The second-order valence-electron chi connectivity index (χ2n) is 17.3. The van der Waals surface area contributed by atoms with Crippen LogP contribution in [0.25, 0.3) is 0 Å². The topological polar surface area (TPSA) is 110 Å². The summed E-state index contributed by atoms with van der Waals surface area (Å²) >= 11 is 0. The summed E-state index contributed by atoms with van der Waals surface area (Å²) in [5, 5.41) is -0.306. The summed E-state index contributed by atoms with van der Waals surface area (Å²) in [6, 6.07) is 18.5. The maximum atomic E-state index is 13.9. The number of rotatable bonds is 15. The predicted octanol–water partition coefficient (Wildman–Crippen LogP) is 8.76. The van der Waals surface area contributed by atoms with Crippen LogP contribution in [0.1, 0.15) is 87.3 Å². The second-order valence-corrected chi connectivity index (χ2v) is 26.9. The summed E-state index contributed by atoms with van der Waals surface area (Å²) in [5.74, 6) is -1.77. The lowest BCUT2D eigenvalue weighted by molar-refractivity contribution is -0.192. The van der Waals surface area contributed by atoms with Gasteiger partial charge >= 0.3 is 17.9 Å². The Labute approximate surface area is 309 Å². The van der Waals surface area contributed by atoms with Gasteiger partial charge in [0.05, 0.1) is 24.3 Å². The molecule has 284 valence electrons. The average molecular weight is 742 g/mol. The van der Waals surface area contributed by atoms with E-state index in [0.717, 1.165) is 11.1 Å². The molecule has 0 heterocycles. The molecule has 0 aromatic heterocycles.